The van der Waals surface area contributed by atoms with Crippen molar-refractivity contribution in [3.63, 3.8) is 0 Å². The van der Waals surface area contributed by atoms with Gasteiger partial charge in [0.25, 0.3) is 0 Å². The van der Waals surface area contributed by atoms with Gasteiger partial charge in [0.05, 0.1) is 10.8 Å². The predicted molar refractivity (Wildman–Crippen MR) is 88.9 cm³/mol. The molecule has 0 bridgehead atoms. The van der Waals surface area contributed by atoms with Crippen LogP contribution in [-0.4, -0.2) is 38.3 Å². The van der Waals surface area contributed by atoms with Gasteiger partial charge in [0.1, 0.15) is 0 Å². The monoisotopic (exact) mass is 388 g/mol. The normalized spacial score (nSPS) is 19.8. The molecule has 0 saturated carbocycles. The highest BCUT2D eigenvalue weighted by Gasteiger charge is 2.33. The van der Waals surface area contributed by atoms with Gasteiger partial charge in [-0.2, -0.15) is 4.31 Å². The summed E-state index contributed by atoms with van der Waals surface area (Å²) >= 11 is 3.30. The van der Waals surface area contributed by atoms with Crippen LogP contribution in [0.3, 0.4) is 0 Å². The van der Waals surface area contributed by atoms with Crippen LogP contribution in [0.25, 0.3) is 0 Å². The van der Waals surface area contributed by atoms with Gasteiger partial charge in [0.15, 0.2) is 0 Å². The number of carbonyl (C=O) groups is 1. The second kappa shape index (κ2) is 7.57. The van der Waals surface area contributed by atoms with Crippen LogP contribution in [0.5, 0.6) is 0 Å². The lowest BCUT2D eigenvalue weighted by Crippen LogP contribution is -2.45. The van der Waals surface area contributed by atoms with Crippen molar-refractivity contribution >= 4 is 31.9 Å². The van der Waals surface area contributed by atoms with Crippen LogP contribution in [0.15, 0.2) is 33.6 Å². The molecule has 0 aliphatic carbocycles. The summed E-state index contributed by atoms with van der Waals surface area (Å²) in [6, 6.07) is 6.59. The number of rotatable bonds is 5. The number of hydrogen-bond acceptors (Lipinski definition) is 3. The van der Waals surface area contributed by atoms with Crippen molar-refractivity contribution in [1.29, 1.82) is 0 Å². The summed E-state index contributed by atoms with van der Waals surface area (Å²) in [5.41, 5.74) is 0. The van der Waals surface area contributed by atoms with Crippen molar-refractivity contribution in [2.75, 3.05) is 19.6 Å². The van der Waals surface area contributed by atoms with Crippen LogP contribution < -0.4 is 5.32 Å². The molecule has 1 fully saturated rings. The molecule has 0 aromatic heterocycles. The van der Waals surface area contributed by atoms with Gasteiger partial charge in [-0.05, 0) is 43.5 Å². The van der Waals surface area contributed by atoms with E-state index < -0.39 is 10.0 Å². The molecule has 1 aliphatic rings. The molecule has 1 amide bonds. The van der Waals surface area contributed by atoms with Crippen molar-refractivity contribution in [3.05, 3.63) is 28.7 Å². The lowest BCUT2D eigenvalue weighted by Gasteiger charge is -2.31. The maximum absolute atomic E-state index is 12.7. The van der Waals surface area contributed by atoms with Crippen LogP contribution >= 0.6 is 15.9 Å². The van der Waals surface area contributed by atoms with Crippen LogP contribution in [0, 0.1) is 5.92 Å². The zero-order chi connectivity index (χ0) is 16.2. The molecule has 1 unspecified atom stereocenters. The molecule has 1 aliphatic heterocycles. The van der Waals surface area contributed by atoms with Crippen LogP contribution in [0.1, 0.15) is 26.2 Å². The second-order valence-corrected chi connectivity index (χ2v) is 8.30. The summed E-state index contributed by atoms with van der Waals surface area (Å²) in [5.74, 6) is -0.303. The zero-order valence-electron chi connectivity index (χ0n) is 12.6. The van der Waals surface area contributed by atoms with E-state index in [-0.39, 0.29) is 23.3 Å². The van der Waals surface area contributed by atoms with Crippen LogP contribution in [0.4, 0.5) is 0 Å². The Kier molecular flexibility index (Phi) is 6.00. The first-order chi connectivity index (χ1) is 10.4. The van der Waals surface area contributed by atoms with Gasteiger partial charge in [-0.25, -0.2) is 8.42 Å². The van der Waals surface area contributed by atoms with Crippen molar-refractivity contribution < 1.29 is 13.2 Å². The number of nitrogens with one attached hydrogen (secondary N) is 1. The van der Waals surface area contributed by atoms with E-state index >= 15 is 0 Å². The van der Waals surface area contributed by atoms with Crippen LogP contribution in [-0.2, 0) is 14.8 Å². The Hall–Kier alpha value is -0.920. The molecule has 1 heterocycles. The first-order valence-corrected chi connectivity index (χ1v) is 9.72. The minimum Gasteiger partial charge on any atom is -0.356 e. The van der Waals surface area contributed by atoms with E-state index in [1.54, 1.807) is 24.3 Å². The predicted octanol–water partition coefficient (Wildman–Crippen LogP) is 2.38. The maximum atomic E-state index is 12.7. The first-order valence-electron chi connectivity index (χ1n) is 7.48. The molecule has 0 spiro atoms. The van der Waals surface area contributed by atoms with E-state index in [4.69, 9.17) is 0 Å². The fourth-order valence-electron chi connectivity index (χ4n) is 2.52. The number of piperidine rings is 1. The first kappa shape index (κ1) is 17.4. The van der Waals surface area contributed by atoms with Gasteiger partial charge in [0, 0.05) is 24.1 Å². The number of hydrogen-bond donors (Lipinski definition) is 1. The Morgan fingerprint density at radius 3 is 2.68 bits per heavy atom. The number of amides is 1. The lowest BCUT2D eigenvalue weighted by atomic mass is 9.99. The minimum atomic E-state index is -3.53. The number of sulfonamides is 1. The molecule has 1 N–H and O–H groups in total. The SMILES string of the molecule is CCCNC(=O)C1CCCN(S(=O)(=O)c2ccc(Br)cc2)C1. The summed E-state index contributed by atoms with van der Waals surface area (Å²) in [5, 5.41) is 2.85. The van der Waals surface area contributed by atoms with E-state index in [0.29, 0.717) is 19.5 Å². The third-order valence-corrected chi connectivity index (χ3v) is 6.16. The third-order valence-electron chi connectivity index (χ3n) is 3.76. The van der Waals surface area contributed by atoms with Gasteiger partial charge in [-0.15, -0.1) is 0 Å². The molecule has 1 aromatic carbocycles. The van der Waals surface area contributed by atoms with Gasteiger partial charge >= 0.3 is 0 Å². The van der Waals surface area contributed by atoms with Gasteiger partial charge in [0.2, 0.25) is 15.9 Å². The molecule has 1 aromatic rings. The highest BCUT2D eigenvalue weighted by molar-refractivity contribution is 9.10. The van der Waals surface area contributed by atoms with Crippen LogP contribution in [0.2, 0.25) is 0 Å². The molecule has 0 radical (unpaired) electrons. The Balaban J connectivity index is 2.11. The van der Waals surface area contributed by atoms with Crippen molar-refractivity contribution in [2.24, 2.45) is 5.92 Å². The molecule has 7 heteroatoms. The van der Waals surface area contributed by atoms with Gasteiger partial charge in [-0.3, -0.25) is 4.79 Å². The Morgan fingerprint density at radius 1 is 1.36 bits per heavy atom. The third kappa shape index (κ3) is 4.08. The highest BCUT2D eigenvalue weighted by atomic mass is 79.9. The highest BCUT2D eigenvalue weighted by Crippen LogP contribution is 2.24. The zero-order valence-corrected chi connectivity index (χ0v) is 15.0. The average molecular weight is 389 g/mol. The van der Waals surface area contributed by atoms with Crippen molar-refractivity contribution in [1.82, 2.24) is 9.62 Å². The smallest absolute Gasteiger partial charge is 0.243 e. The Bertz CT molecular complexity index is 616. The second-order valence-electron chi connectivity index (χ2n) is 5.45. The Morgan fingerprint density at radius 2 is 2.05 bits per heavy atom. The van der Waals surface area contributed by atoms with Gasteiger partial charge < -0.3 is 5.32 Å². The van der Waals surface area contributed by atoms with E-state index in [1.807, 2.05) is 6.92 Å². The summed E-state index contributed by atoms with van der Waals surface area (Å²) in [7, 11) is -3.53. The summed E-state index contributed by atoms with van der Waals surface area (Å²) in [6.07, 6.45) is 2.32. The molecule has 1 atom stereocenters. The van der Waals surface area contributed by atoms with Gasteiger partial charge in [-0.1, -0.05) is 22.9 Å². The quantitative estimate of drug-likeness (QED) is 0.841. The standard InChI is InChI=1S/C15H21BrN2O3S/c1-2-9-17-15(19)12-4-3-10-18(11-12)22(20,21)14-7-5-13(16)6-8-14/h5-8,12H,2-4,9-11H2,1H3,(H,17,19). The fraction of sp³-hybridized carbons (Fsp3) is 0.533. The van der Waals surface area contributed by atoms with E-state index in [9.17, 15) is 13.2 Å². The molecule has 22 heavy (non-hydrogen) atoms. The molecule has 1 saturated heterocycles. The van der Waals surface area contributed by atoms with Crippen molar-refractivity contribution in [2.45, 2.75) is 31.1 Å². The van der Waals surface area contributed by atoms with E-state index in [1.165, 1.54) is 4.31 Å². The molecular weight excluding hydrogens is 368 g/mol. The van der Waals surface area contributed by atoms with E-state index in [0.717, 1.165) is 17.3 Å². The van der Waals surface area contributed by atoms with Crippen molar-refractivity contribution in [3.8, 4) is 0 Å². The lowest BCUT2D eigenvalue weighted by molar-refractivity contribution is -0.126. The summed E-state index contributed by atoms with van der Waals surface area (Å²) in [4.78, 5) is 12.3. The fourth-order valence-corrected chi connectivity index (χ4v) is 4.31. The molecule has 122 valence electrons. The minimum absolute atomic E-state index is 0.0439. The van der Waals surface area contributed by atoms with E-state index in [2.05, 4.69) is 21.2 Å². The maximum Gasteiger partial charge on any atom is 0.243 e. The average Bonchev–Trinajstić information content (AvgIpc) is 2.53. The summed E-state index contributed by atoms with van der Waals surface area (Å²) in [6.45, 7) is 3.35. The molecular formula is C15H21BrN2O3S. The number of carbonyl (C=O) groups excluding carboxylic acids is 1. The number of nitrogens with zero attached hydrogens (tertiary/aromatic N) is 1. The Labute approximate surface area is 140 Å². The largest absolute Gasteiger partial charge is 0.356 e. The topological polar surface area (TPSA) is 66.5 Å². The summed E-state index contributed by atoms with van der Waals surface area (Å²) < 4.78 is 27.6. The molecule has 5 nitrogen and oxygen atoms in total. The number of benzene rings is 1. The number of halogens is 1. The molecule has 2 rings (SSSR count).